The van der Waals surface area contributed by atoms with Gasteiger partial charge in [-0.2, -0.15) is 0 Å². The van der Waals surface area contributed by atoms with Crippen LogP contribution >= 0.6 is 0 Å². The van der Waals surface area contributed by atoms with Gasteiger partial charge in [-0.05, 0) is 29.8 Å². The molecule has 1 aromatic heterocycles. The molecule has 0 radical (unpaired) electrons. The number of amides is 3. The minimum Gasteiger partial charge on any atom is -0.489 e. The Hall–Kier alpha value is -3.82. The van der Waals surface area contributed by atoms with Crippen LogP contribution < -0.4 is 19.9 Å². The molecule has 2 fully saturated rings. The Morgan fingerprint density at radius 3 is 2.71 bits per heavy atom. The van der Waals surface area contributed by atoms with Crippen molar-refractivity contribution in [2.45, 2.75) is 19.1 Å². The van der Waals surface area contributed by atoms with Crippen LogP contribution in [0.25, 0.3) is 11.1 Å². The Labute approximate surface area is 177 Å². The number of pyridine rings is 1. The van der Waals surface area contributed by atoms with E-state index in [1.807, 2.05) is 24.3 Å². The molecular formula is C21H20N4O6. The summed E-state index contributed by atoms with van der Waals surface area (Å²) < 4.78 is 16.3. The second-order valence-electron chi connectivity index (χ2n) is 7.46. The number of carbonyl (C=O) groups excluding carboxylic acids is 3. The average Bonchev–Trinajstić information content (AvgIpc) is 3.35. The van der Waals surface area contributed by atoms with Gasteiger partial charge in [0, 0.05) is 18.7 Å². The zero-order valence-corrected chi connectivity index (χ0v) is 16.7. The number of ether oxygens (including phenoxy) is 3. The number of carbonyl (C=O) groups is 3. The molecule has 5 rings (SSSR count). The largest absolute Gasteiger partial charge is 0.489 e. The van der Waals surface area contributed by atoms with Crippen LogP contribution in [0.15, 0.2) is 36.5 Å². The second kappa shape index (κ2) is 7.46. The number of nitrogens with one attached hydrogen (secondary N) is 1. The molecule has 2 aromatic rings. The van der Waals surface area contributed by atoms with E-state index in [4.69, 9.17) is 14.2 Å². The first kappa shape index (κ1) is 19.2. The molecule has 0 aliphatic carbocycles. The van der Waals surface area contributed by atoms with Crippen molar-refractivity contribution in [3.63, 3.8) is 0 Å². The van der Waals surface area contributed by atoms with Crippen LogP contribution in [0.4, 0.5) is 21.1 Å². The molecule has 3 amide bonds. The van der Waals surface area contributed by atoms with Crippen molar-refractivity contribution in [2.75, 3.05) is 36.1 Å². The standard InChI is InChI=1S/C21H20N4O6/c1-12(26)22-10-18-16-11-30-17-8-13(2-4-15(17)25(16)21(28)31-18)14-3-5-19(23-9-14)24-6-7-29-20(24)27/h2-5,8-9,16,18H,6-7,10-11H2,1H3,(H,22,26). The highest BCUT2D eigenvalue weighted by molar-refractivity contribution is 5.94. The van der Waals surface area contributed by atoms with Gasteiger partial charge in [-0.25, -0.2) is 14.6 Å². The average molecular weight is 424 g/mol. The van der Waals surface area contributed by atoms with Crippen molar-refractivity contribution in [1.29, 1.82) is 0 Å². The van der Waals surface area contributed by atoms with E-state index in [0.29, 0.717) is 30.4 Å². The summed E-state index contributed by atoms with van der Waals surface area (Å²) >= 11 is 0. The molecule has 1 aromatic carbocycles. The molecule has 0 saturated carbocycles. The van der Waals surface area contributed by atoms with Crippen LogP contribution in [-0.4, -0.2) is 61.5 Å². The number of hydrogen-bond acceptors (Lipinski definition) is 7. The number of aromatic nitrogens is 1. The number of anilines is 2. The minimum absolute atomic E-state index is 0.183. The fourth-order valence-electron chi connectivity index (χ4n) is 3.95. The summed E-state index contributed by atoms with van der Waals surface area (Å²) in [6.07, 6.45) is 0.354. The molecule has 3 aliphatic rings. The lowest BCUT2D eigenvalue weighted by Gasteiger charge is -2.31. The normalized spacial score (nSPS) is 21.7. The highest BCUT2D eigenvalue weighted by Gasteiger charge is 2.46. The zero-order valence-electron chi connectivity index (χ0n) is 16.7. The summed E-state index contributed by atoms with van der Waals surface area (Å²) in [5, 5.41) is 2.69. The van der Waals surface area contributed by atoms with Gasteiger partial charge in [-0.3, -0.25) is 14.6 Å². The Morgan fingerprint density at radius 2 is 2.00 bits per heavy atom. The number of rotatable bonds is 4. The van der Waals surface area contributed by atoms with Gasteiger partial charge in [0.25, 0.3) is 0 Å². The van der Waals surface area contributed by atoms with Crippen LogP contribution in [0.2, 0.25) is 0 Å². The maximum absolute atomic E-state index is 12.5. The SMILES string of the molecule is CC(=O)NCC1OC(=O)N2c3ccc(-c4ccc(N5CCOC5=O)nc4)cc3OCC12. The van der Waals surface area contributed by atoms with E-state index in [0.717, 1.165) is 11.1 Å². The summed E-state index contributed by atoms with van der Waals surface area (Å²) in [5.41, 5.74) is 2.33. The lowest BCUT2D eigenvalue weighted by molar-refractivity contribution is -0.119. The predicted molar refractivity (Wildman–Crippen MR) is 109 cm³/mol. The van der Waals surface area contributed by atoms with Crippen molar-refractivity contribution in [2.24, 2.45) is 0 Å². The third kappa shape index (κ3) is 3.39. The smallest absolute Gasteiger partial charge is 0.415 e. The second-order valence-corrected chi connectivity index (χ2v) is 7.46. The fourth-order valence-corrected chi connectivity index (χ4v) is 3.95. The topological polar surface area (TPSA) is 110 Å². The molecule has 2 saturated heterocycles. The molecule has 2 unspecified atom stereocenters. The summed E-state index contributed by atoms with van der Waals surface area (Å²) in [4.78, 5) is 42.8. The van der Waals surface area contributed by atoms with Crippen LogP contribution in [0, 0.1) is 0 Å². The predicted octanol–water partition coefficient (Wildman–Crippen LogP) is 1.93. The molecule has 1 N–H and O–H groups in total. The molecule has 3 aliphatic heterocycles. The first-order valence-corrected chi connectivity index (χ1v) is 9.93. The monoisotopic (exact) mass is 424 g/mol. The molecule has 0 bridgehead atoms. The number of benzene rings is 1. The fraction of sp³-hybridized carbons (Fsp3) is 0.333. The van der Waals surface area contributed by atoms with E-state index < -0.39 is 18.3 Å². The van der Waals surface area contributed by atoms with Crippen molar-refractivity contribution in [3.8, 4) is 16.9 Å². The van der Waals surface area contributed by atoms with Gasteiger partial charge in [0.05, 0.1) is 18.8 Å². The highest BCUT2D eigenvalue weighted by atomic mass is 16.6. The lowest BCUT2D eigenvalue weighted by atomic mass is 10.0. The van der Waals surface area contributed by atoms with Gasteiger partial charge in [0.2, 0.25) is 5.91 Å². The lowest BCUT2D eigenvalue weighted by Crippen LogP contribution is -2.47. The Bertz CT molecular complexity index is 1060. The molecule has 2 atom stereocenters. The molecule has 160 valence electrons. The van der Waals surface area contributed by atoms with Gasteiger partial charge >= 0.3 is 12.2 Å². The Kier molecular flexibility index (Phi) is 4.61. The molecule has 10 nitrogen and oxygen atoms in total. The van der Waals surface area contributed by atoms with Crippen LogP contribution in [0.1, 0.15) is 6.92 Å². The number of cyclic esters (lactones) is 2. The molecular weight excluding hydrogens is 404 g/mol. The van der Waals surface area contributed by atoms with E-state index in [1.54, 1.807) is 17.2 Å². The van der Waals surface area contributed by atoms with Gasteiger partial charge in [-0.15, -0.1) is 0 Å². The highest BCUT2D eigenvalue weighted by Crippen LogP contribution is 2.41. The van der Waals surface area contributed by atoms with E-state index in [1.165, 1.54) is 11.8 Å². The van der Waals surface area contributed by atoms with Crippen molar-refractivity contribution in [3.05, 3.63) is 36.5 Å². The van der Waals surface area contributed by atoms with Gasteiger partial charge < -0.3 is 19.5 Å². The first-order valence-electron chi connectivity index (χ1n) is 9.93. The van der Waals surface area contributed by atoms with Gasteiger partial charge in [0.1, 0.15) is 36.9 Å². The number of hydrogen-bond donors (Lipinski definition) is 1. The summed E-state index contributed by atoms with van der Waals surface area (Å²) in [7, 11) is 0. The van der Waals surface area contributed by atoms with Crippen molar-refractivity contribution in [1.82, 2.24) is 10.3 Å². The van der Waals surface area contributed by atoms with E-state index in [2.05, 4.69) is 10.3 Å². The van der Waals surface area contributed by atoms with Crippen LogP contribution in [0.5, 0.6) is 5.75 Å². The van der Waals surface area contributed by atoms with E-state index >= 15 is 0 Å². The molecule has 4 heterocycles. The minimum atomic E-state index is -0.474. The van der Waals surface area contributed by atoms with Crippen molar-refractivity contribution < 1.29 is 28.6 Å². The quantitative estimate of drug-likeness (QED) is 0.798. The van der Waals surface area contributed by atoms with Gasteiger partial charge in [-0.1, -0.05) is 6.07 Å². The number of nitrogens with zero attached hydrogens (tertiary/aromatic N) is 3. The Morgan fingerprint density at radius 1 is 1.16 bits per heavy atom. The van der Waals surface area contributed by atoms with Gasteiger partial charge in [0.15, 0.2) is 0 Å². The van der Waals surface area contributed by atoms with E-state index in [-0.39, 0.29) is 25.1 Å². The molecule has 31 heavy (non-hydrogen) atoms. The first-order chi connectivity index (χ1) is 15.0. The third-order valence-electron chi connectivity index (χ3n) is 5.51. The zero-order chi connectivity index (χ0) is 21.5. The summed E-state index contributed by atoms with van der Waals surface area (Å²) in [5.74, 6) is 0.920. The number of fused-ring (bicyclic) bond motifs is 3. The maximum Gasteiger partial charge on any atom is 0.415 e. The maximum atomic E-state index is 12.5. The van der Waals surface area contributed by atoms with Crippen LogP contribution in [0.3, 0.4) is 0 Å². The molecule has 10 heteroatoms. The van der Waals surface area contributed by atoms with E-state index in [9.17, 15) is 14.4 Å². The third-order valence-corrected chi connectivity index (χ3v) is 5.51. The summed E-state index contributed by atoms with van der Waals surface area (Å²) in [6.45, 7) is 2.76. The van der Waals surface area contributed by atoms with Crippen LogP contribution in [-0.2, 0) is 14.3 Å². The van der Waals surface area contributed by atoms with Crippen molar-refractivity contribution >= 4 is 29.6 Å². The summed E-state index contributed by atoms with van der Waals surface area (Å²) in [6, 6.07) is 8.86. The molecule has 0 spiro atoms. The Balaban J connectivity index is 1.37.